The van der Waals surface area contributed by atoms with Gasteiger partial charge >= 0.3 is 0 Å². The van der Waals surface area contributed by atoms with Gasteiger partial charge in [0.1, 0.15) is 0 Å². The lowest BCUT2D eigenvalue weighted by molar-refractivity contribution is 0.525. The van der Waals surface area contributed by atoms with Crippen LogP contribution in [0.1, 0.15) is 17.2 Å². The number of nitrogens with zero attached hydrogens (tertiary/aromatic N) is 2. The number of hydrogen-bond donors (Lipinski definition) is 1. The summed E-state index contributed by atoms with van der Waals surface area (Å²) in [5.41, 5.74) is 2.46. The van der Waals surface area contributed by atoms with Crippen LogP contribution in [0.3, 0.4) is 0 Å². The third-order valence-corrected chi connectivity index (χ3v) is 4.14. The van der Waals surface area contributed by atoms with Crippen LogP contribution in [-0.4, -0.2) is 31.0 Å². The monoisotopic (exact) mass is 471 g/mol. The van der Waals surface area contributed by atoms with Crippen LogP contribution in [0.15, 0.2) is 64.1 Å². The van der Waals surface area contributed by atoms with Crippen molar-refractivity contribution >= 4 is 45.9 Å². The van der Waals surface area contributed by atoms with Gasteiger partial charge in [0, 0.05) is 18.1 Å². The third kappa shape index (κ3) is 4.01. The van der Waals surface area contributed by atoms with E-state index < -0.39 is 0 Å². The van der Waals surface area contributed by atoms with E-state index in [4.69, 9.17) is 0 Å². The molecule has 1 atom stereocenters. The van der Waals surface area contributed by atoms with Crippen molar-refractivity contribution in [1.29, 1.82) is 0 Å². The lowest BCUT2D eigenvalue weighted by Gasteiger charge is -2.24. The smallest absolute Gasteiger partial charge is 0.194 e. The van der Waals surface area contributed by atoms with Crippen molar-refractivity contribution in [2.45, 2.75) is 6.04 Å². The fourth-order valence-electron chi connectivity index (χ4n) is 2.51. The number of guanidine groups is 1. The highest BCUT2D eigenvalue weighted by Gasteiger charge is 2.20. The van der Waals surface area contributed by atoms with Gasteiger partial charge in [-0.25, -0.2) is 0 Å². The first-order chi connectivity index (χ1) is 10.2. The number of nitrogens with one attached hydrogen (secondary N) is 1. The predicted molar refractivity (Wildman–Crippen MR) is 106 cm³/mol. The highest BCUT2D eigenvalue weighted by atomic mass is 127. The summed E-state index contributed by atoms with van der Waals surface area (Å²) in [4.78, 5) is 6.71. The van der Waals surface area contributed by atoms with Crippen LogP contribution in [-0.2, 0) is 0 Å². The molecule has 1 heterocycles. The fraction of sp³-hybridized carbons (Fsp3) is 0.235. The van der Waals surface area contributed by atoms with Crippen LogP contribution in [0.2, 0.25) is 0 Å². The van der Waals surface area contributed by atoms with Crippen LogP contribution in [0.25, 0.3) is 0 Å². The van der Waals surface area contributed by atoms with Gasteiger partial charge in [-0.2, -0.15) is 0 Å². The minimum Gasteiger partial charge on any atom is -0.345 e. The average molecular weight is 472 g/mol. The number of rotatable bonds is 3. The van der Waals surface area contributed by atoms with Crippen molar-refractivity contribution in [2.24, 2.45) is 4.99 Å². The summed E-state index contributed by atoms with van der Waals surface area (Å²) in [5, 5.41) is 3.58. The van der Waals surface area contributed by atoms with Crippen LogP contribution >= 0.6 is 39.9 Å². The molecule has 0 saturated heterocycles. The van der Waals surface area contributed by atoms with Gasteiger partial charge in [-0.15, -0.1) is 24.0 Å². The molecule has 0 fully saturated rings. The maximum absolute atomic E-state index is 4.55. The number of aliphatic imine (C=N–C) groups is 1. The Morgan fingerprint density at radius 2 is 1.82 bits per heavy atom. The van der Waals surface area contributed by atoms with Gasteiger partial charge in [0.15, 0.2) is 5.96 Å². The Morgan fingerprint density at radius 1 is 1.09 bits per heavy atom. The van der Waals surface area contributed by atoms with E-state index in [1.54, 1.807) is 0 Å². The molecule has 0 radical (unpaired) electrons. The zero-order chi connectivity index (χ0) is 14.7. The number of likely N-dealkylation sites (N-methyl/N-ethyl adjacent to an activating group) is 1. The van der Waals surface area contributed by atoms with E-state index in [9.17, 15) is 0 Å². The predicted octanol–water partition coefficient (Wildman–Crippen LogP) is 4.05. The van der Waals surface area contributed by atoms with Gasteiger partial charge in [-0.05, 0) is 23.3 Å². The first kappa shape index (κ1) is 17.3. The fourth-order valence-corrected chi connectivity index (χ4v) is 2.93. The molecule has 116 valence electrons. The molecule has 0 amide bonds. The summed E-state index contributed by atoms with van der Waals surface area (Å²) in [7, 11) is 2.07. The quantitative estimate of drug-likeness (QED) is 0.684. The average Bonchev–Trinajstić information content (AvgIpc) is 2.91. The second-order valence-corrected chi connectivity index (χ2v) is 6.09. The largest absolute Gasteiger partial charge is 0.345 e. The molecule has 1 N–H and O–H groups in total. The van der Waals surface area contributed by atoms with Crippen LogP contribution < -0.4 is 5.32 Å². The molecule has 0 saturated carbocycles. The van der Waals surface area contributed by atoms with Gasteiger partial charge in [-0.1, -0.05) is 58.4 Å². The summed E-state index contributed by atoms with van der Waals surface area (Å²) in [6.45, 7) is 1.83. The second-order valence-electron chi connectivity index (χ2n) is 5.17. The van der Waals surface area contributed by atoms with E-state index in [1.807, 2.05) is 12.1 Å². The van der Waals surface area contributed by atoms with Crippen molar-refractivity contribution in [1.82, 2.24) is 10.2 Å². The first-order valence-electron chi connectivity index (χ1n) is 7.06. The summed E-state index contributed by atoms with van der Waals surface area (Å²) >= 11 is 3.56. The van der Waals surface area contributed by atoms with Gasteiger partial charge in [-0.3, -0.25) is 4.99 Å². The number of halogens is 2. The standard InChI is InChI=1S/C17H18BrN3.HI/c1-21-11-10-19-17(21)20-16(13-6-3-2-4-7-13)14-8-5-9-15(18)12-14;/h2-9,12,16H,10-11H2,1H3,(H,19,20);1H. The van der Waals surface area contributed by atoms with Crippen LogP contribution in [0, 0.1) is 0 Å². The Bertz CT molecular complexity index is 645. The number of benzene rings is 2. The Kier molecular flexibility index (Phi) is 6.26. The molecule has 2 aromatic carbocycles. The van der Waals surface area contributed by atoms with Crippen molar-refractivity contribution in [3.05, 3.63) is 70.2 Å². The Labute approximate surface area is 157 Å². The molecule has 1 aliphatic rings. The van der Waals surface area contributed by atoms with E-state index >= 15 is 0 Å². The molecule has 22 heavy (non-hydrogen) atoms. The second kappa shape index (κ2) is 7.97. The van der Waals surface area contributed by atoms with Crippen molar-refractivity contribution < 1.29 is 0 Å². The minimum atomic E-state index is 0. The minimum absolute atomic E-state index is 0. The SMILES string of the molecule is CN1CCN=C1NC(c1ccccc1)c1cccc(Br)c1.I. The summed E-state index contributed by atoms with van der Waals surface area (Å²) in [6, 6.07) is 19.0. The summed E-state index contributed by atoms with van der Waals surface area (Å²) in [5.74, 6) is 0.962. The lowest BCUT2D eigenvalue weighted by Crippen LogP contribution is -2.38. The van der Waals surface area contributed by atoms with E-state index in [0.29, 0.717) is 0 Å². The molecule has 0 aromatic heterocycles. The molecule has 1 unspecified atom stereocenters. The molecule has 3 nitrogen and oxygen atoms in total. The van der Waals surface area contributed by atoms with Gasteiger partial charge in [0.05, 0.1) is 12.6 Å². The summed E-state index contributed by atoms with van der Waals surface area (Å²) < 4.78 is 1.09. The zero-order valence-corrected chi connectivity index (χ0v) is 16.3. The topological polar surface area (TPSA) is 27.6 Å². The molecular weight excluding hydrogens is 453 g/mol. The number of hydrogen-bond acceptors (Lipinski definition) is 3. The van der Waals surface area contributed by atoms with E-state index in [2.05, 4.69) is 80.7 Å². The van der Waals surface area contributed by atoms with Gasteiger partial charge < -0.3 is 10.2 Å². The van der Waals surface area contributed by atoms with Gasteiger partial charge in [0.25, 0.3) is 0 Å². The molecule has 2 aromatic rings. The molecule has 0 bridgehead atoms. The van der Waals surface area contributed by atoms with Crippen molar-refractivity contribution in [3.8, 4) is 0 Å². The zero-order valence-electron chi connectivity index (χ0n) is 12.4. The highest BCUT2D eigenvalue weighted by molar-refractivity contribution is 14.0. The highest BCUT2D eigenvalue weighted by Crippen LogP contribution is 2.25. The van der Waals surface area contributed by atoms with E-state index in [-0.39, 0.29) is 30.0 Å². The van der Waals surface area contributed by atoms with Crippen molar-refractivity contribution in [3.63, 3.8) is 0 Å². The summed E-state index contributed by atoms with van der Waals surface area (Å²) in [6.07, 6.45) is 0. The molecule has 5 heteroatoms. The van der Waals surface area contributed by atoms with Crippen LogP contribution in [0.5, 0.6) is 0 Å². The van der Waals surface area contributed by atoms with Gasteiger partial charge in [0.2, 0.25) is 0 Å². The van der Waals surface area contributed by atoms with Crippen LogP contribution in [0.4, 0.5) is 0 Å². The Balaban J connectivity index is 0.00000176. The molecule has 3 rings (SSSR count). The Hall–Kier alpha value is -1.08. The molecular formula is C17H19BrIN3. The molecule has 1 aliphatic heterocycles. The molecule has 0 spiro atoms. The lowest BCUT2D eigenvalue weighted by atomic mass is 9.99. The van der Waals surface area contributed by atoms with E-state index in [1.165, 1.54) is 11.1 Å². The maximum atomic E-state index is 4.55. The first-order valence-corrected chi connectivity index (χ1v) is 7.86. The van der Waals surface area contributed by atoms with Crippen molar-refractivity contribution in [2.75, 3.05) is 20.1 Å². The third-order valence-electron chi connectivity index (χ3n) is 3.65. The normalized spacial score (nSPS) is 15.0. The molecule has 0 aliphatic carbocycles. The Morgan fingerprint density at radius 3 is 2.45 bits per heavy atom. The van der Waals surface area contributed by atoms with E-state index in [0.717, 1.165) is 23.5 Å². The maximum Gasteiger partial charge on any atom is 0.194 e.